The fourth-order valence-electron chi connectivity index (χ4n) is 1.28. The third-order valence-corrected chi connectivity index (χ3v) is 2.70. The van der Waals surface area contributed by atoms with Crippen molar-refractivity contribution in [2.75, 3.05) is 5.75 Å². The van der Waals surface area contributed by atoms with Crippen molar-refractivity contribution in [3.8, 4) is 0 Å². The summed E-state index contributed by atoms with van der Waals surface area (Å²) in [4.78, 5) is 22.8. The van der Waals surface area contributed by atoms with E-state index in [4.69, 9.17) is 4.52 Å². The number of fused-ring (bicyclic) bond motifs is 1. The average Bonchev–Trinajstić information content (AvgIpc) is 2.55. The van der Waals surface area contributed by atoms with E-state index in [0.29, 0.717) is 10.9 Å². The lowest BCUT2D eigenvalue weighted by Crippen LogP contribution is -2.10. The molecule has 1 aromatic carbocycles. The van der Waals surface area contributed by atoms with E-state index in [0.717, 1.165) is 9.21 Å². The summed E-state index contributed by atoms with van der Waals surface area (Å²) in [5.74, 6) is -0.379. The monoisotopic (exact) mass is 287 g/mol. The molecule has 6 heteroatoms. The minimum Gasteiger partial charge on any atom is -0.328 e. The normalized spacial score (nSPS) is 10.8. The van der Waals surface area contributed by atoms with Gasteiger partial charge in [0.05, 0.1) is 16.7 Å². The first kappa shape index (κ1) is 10.5. The van der Waals surface area contributed by atoms with Crippen LogP contribution in [0.15, 0.2) is 32.0 Å². The van der Waals surface area contributed by atoms with Crippen LogP contribution in [-0.4, -0.2) is 16.4 Å². The number of thiol groups is 1. The molecule has 1 aromatic heterocycles. The van der Waals surface area contributed by atoms with Gasteiger partial charge in [-0.2, -0.15) is 12.6 Å². The summed E-state index contributed by atoms with van der Waals surface area (Å²) < 4.78 is 6.55. The summed E-state index contributed by atoms with van der Waals surface area (Å²) in [5, 5.41) is 0.375. The highest BCUT2D eigenvalue weighted by atomic mass is 79.9. The van der Waals surface area contributed by atoms with Crippen molar-refractivity contribution in [2.24, 2.45) is 0 Å². The van der Waals surface area contributed by atoms with E-state index < -0.39 is 5.63 Å². The van der Waals surface area contributed by atoms with Gasteiger partial charge in [-0.25, -0.2) is 4.79 Å². The van der Waals surface area contributed by atoms with Gasteiger partial charge in [-0.05, 0) is 18.2 Å². The van der Waals surface area contributed by atoms with Crippen LogP contribution in [0.2, 0.25) is 0 Å². The predicted octanol–water partition coefficient (Wildman–Crippen LogP) is 1.93. The third-order valence-electron chi connectivity index (χ3n) is 1.93. The number of rotatable bonds is 1. The van der Waals surface area contributed by atoms with Crippen LogP contribution in [-0.2, 0) is 0 Å². The molecular weight excluding hydrogens is 282 g/mol. The molecule has 0 amide bonds. The maximum atomic E-state index is 11.4. The molecule has 2 aromatic rings. The summed E-state index contributed by atoms with van der Waals surface area (Å²) in [5.41, 5.74) is -0.0660. The van der Waals surface area contributed by atoms with E-state index in [9.17, 15) is 9.59 Å². The molecule has 2 rings (SSSR count). The van der Waals surface area contributed by atoms with Crippen LogP contribution in [0, 0.1) is 0 Å². The highest BCUT2D eigenvalue weighted by Crippen LogP contribution is 2.17. The Bertz CT molecular complexity index is 587. The van der Waals surface area contributed by atoms with Crippen molar-refractivity contribution < 1.29 is 9.32 Å². The maximum absolute atomic E-state index is 11.4. The smallest absolute Gasteiger partial charge is 0.328 e. The predicted molar refractivity (Wildman–Crippen MR) is 62.7 cm³/mol. The van der Waals surface area contributed by atoms with Crippen molar-refractivity contribution in [1.29, 1.82) is 0 Å². The number of carbonyl (C=O) groups excluding carboxylic acids is 1. The average molecular weight is 288 g/mol. The fraction of sp³-hybridized carbons (Fsp3) is 0.111. The molecule has 0 aliphatic carbocycles. The molecule has 15 heavy (non-hydrogen) atoms. The first-order chi connectivity index (χ1) is 7.13. The number of carbonyl (C=O) groups is 1. The van der Waals surface area contributed by atoms with Gasteiger partial charge in [-0.1, -0.05) is 15.9 Å². The van der Waals surface area contributed by atoms with E-state index in [-0.39, 0.29) is 11.7 Å². The van der Waals surface area contributed by atoms with E-state index in [2.05, 4.69) is 28.6 Å². The van der Waals surface area contributed by atoms with Crippen molar-refractivity contribution in [1.82, 2.24) is 4.74 Å². The molecule has 0 radical (unpaired) electrons. The molecule has 0 saturated heterocycles. The highest BCUT2D eigenvalue weighted by Gasteiger charge is 2.13. The van der Waals surface area contributed by atoms with Gasteiger partial charge in [-0.15, -0.1) is 4.74 Å². The van der Waals surface area contributed by atoms with Gasteiger partial charge < -0.3 is 4.52 Å². The second-order valence-corrected chi connectivity index (χ2v) is 4.12. The summed E-state index contributed by atoms with van der Waals surface area (Å²) in [7, 11) is 0. The maximum Gasteiger partial charge on any atom is 0.366 e. The van der Waals surface area contributed by atoms with Crippen LogP contribution < -0.4 is 5.63 Å². The molecule has 0 saturated carbocycles. The van der Waals surface area contributed by atoms with Crippen molar-refractivity contribution in [3.05, 3.63) is 33.1 Å². The Kier molecular flexibility index (Phi) is 2.70. The number of halogens is 1. The van der Waals surface area contributed by atoms with Crippen molar-refractivity contribution in [3.63, 3.8) is 0 Å². The summed E-state index contributed by atoms with van der Waals surface area (Å²) in [6.45, 7) is 0. The molecule has 78 valence electrons. The highest BCUT2D eigenvalue weighted by molar-refractivity contribution is 9.10. The molecule has 0 atom stereocenters. The Labute approximate surface area is 98.4 Å². The minimum absolute atomic E-state index is 0.0111. The molecule has 1 heterocycles. The van der Waals surface area contributed by atoms with Crippen molar-refractivity contribution >= 4 is 45.4 Å². The lowest BCUT2D eigenvalue weighted by molar-refractivity contribution is 0.0831. The molecule has 0 fully saturated rings. The van der Waals surface area contributed by atoms with E-state index >= 15 is 0 Å². The standard InChI is InChI=1S/C9H6BrNO3S/c10-5-1-2-7-6(3-5)9(13)14-11(7)8(12)4-15/h1-3,15H,4H2. The van der Waals surface area contributed by atoms with Crippen LogP contribution in [0.3, 0.4) is 0 Å². The second kappa shape index (κ2) is 3.86. The molecule has 0 spiro atoms. The Morgan fingerprint density at radius 3 is 2.93 bits per heavy atom. The number of aromatic nitrogens is 1. The Morgan fingerprint density at radius 2 is 2.27 bits per heavy atom. The van der Waals surface area contributed by atoms with Crippen LogP contribution in [0.4, 0.5) is 0 Å². The Balaban J connectivity index is 2.79. The van der Waals surface area contributed by atoms with Gasteiger partial charge in [0.15, 0.2) is 0 Å². The minimum atomic E-state index is -0.526. The molecule has 0 N–H and O–H groups in total. The molecule has 0 aliphatic heterocycles. The lowest BCUT2D eigenvalue weighted by atomic mass is 10.2. The topological polar surface area (TPSA) is 52.2 Å². The van der Waals surface area contributed by atoms with Crippen LogP contribution in [0.25, 0.3) is 10.9 Å². The number of hydrogen-bond acceptors (Lipinski definition) is 4. The number of benzene rings is 1. The SMILES string of the molecule is O=C(CS)n1oc(=O)c2cc(Br)ccc21. The quantitative estimate of drug-likeness (QED) is 0.816. The number of nitrogens with zero attached hydrogens (tertiary/aromatic N) is 1. The first-order valence-corrected chi connectivity index (χ1v) is 5.51. The molecule has 0 bridgehead atoms. The lowest BCUT2D eigenvalue weighted by Gasteiger charge is -1.96. The zero-order valence-corrected chi connectivity index (χ0v) is 9.92. The van der Waals surface area contributed by atoms with Gasteiger partial charge >= 0.3 is 5.63 Å². The largest absolute Gasteiger partial charge is 0.366 e. The molecule has 0 unspecified atom stereocenters. The molecule has 0 aliphatic rings. The van der Waals surface area contributed by atoms with E-state index in [1.807, 2.05) is 0 Å². The van der Waals surface area contributed by atoms with Gasteiger partial charge in [0.25, 0.3) is 5.91 Å². The first-order valence-electron chi connectivity index (χ1n) is 4.09. The Hall–Kier alpha value is -1.01. The summed E-state index contributed by atoms with van der Waals surface area (Å²) >= 11 is 7.08. The van der Waals surface area contributed by atoms with E-state index in [1.165, 1.54) is 0 Å². The summed E-state index contributed by atoms with van der Waals surface area (Å²) in [6.07, 6.45) is 0. The van der Waals surface area contributed by atoms with E-state index in [1.54, 1.807) is 18.2 Å². The molecule has 4 nitrogen and oxygen atoms in total. The van der Waals surface area contributed by atoms with Crippen LogP contribution >= 0.6 is 28.6 Å². The summed E-state index contributed by atoms with van der Waals surface area (Å²) in [6, 6.07) is 4.99. The van der Waals surface area contributed by atoms with Gasteiger partial charge in [0.2, 0.25) is 0 Å². The van der Waals surface area contributed by atoms with Crippen molar-refractivity contribution in [2.45, 2.75) is 0 Å². The third kappa shape index (κ3) is 1.74. The zero-order chi connectivity index (χ0) is 11.0. The van der Waals surface area contributed by atoms with Gasteiger partial charge in [0, 0.05) is 4.47 Å². The van der Waals surface area contributed by atoms with Crippen LogP contribution in [0.5, 0.6) is 0 Å². The second-order valence-electron chi connectivity index (χ2n) is 2.89. The molecular formula is C9H6BrNO3S. The fourth-order valence-corrected chi connectivity index (χ4v) is 1.77. The zero-order valence-electron chi connectivity index (χ0n) is 7.44. The van der Waals surface area contributed by atoms with Gasteiger partial charge in [-0.3, -0.25) is 4.79 Å². The van der Waals surface area contributed by atoms with Crippen LogP contribution in [0.1, 0.15) is 4.79 Å². The van der Waals surface area contributed by atoms with Gasteiger partial charge in [0.1, 0.15) is 0 Å². The number of hydrogen-bond donors (Lipinski definition) is 1. The Morgan fingerprint density at radius 1 is 1.53 bits per heavy atom.